The zero-order valence-electron chi connectivity index (χ0n) is 7.68. The van der Waals surface area contributed by atoms with Crippen molar-refractivity contribution in [3.63, 3.8) is 0 Å². The van der Waals surface area contributed by atoms with Crippen LogP contribution in [0.4, 0.5) is 4.39 Å². The van der Waals surface area contributed by atoms with Crippen molar-refractivity contribution in [1.29, 1.82) is 0 Å². The van der Waals surface area contributed by atoms with Crippen LogP contribution in [-0.4, -0.2) is 6.61 Å². The van der Waals surface area contributed by atoms with Gasteiger partial charge in [-0.15, -0.1) is 0 Å². The second kappa shape index (κ2) is 4.61. The fourth-order valence-electron chi connectivity index (χ4n) is 0.849. The molecule has 0 unspecified atom stereocenters. The van der Waals surface area contributed by atoms with E-state index in [2.05, 4.69) is 29.8 Å². The summed E-state index contributed by atoms with van der Waals surface area (Å²) < 4.78 is 18.8. The molecule has 13 heavy (non-hydrogen) atoms. The minimum absolute atomic E-state index is 0.260. The number of rotatable bonds is 3. The van der Waals surface area contributed by atoms with Crippen molar-refractivity contribution in [3.8, 4) is 5.75 Å². The van der Waals surface area contributed by atoms with Gasteiger partial charge in [-0.3, -0.25) is 0 Å². The molecule has 0 amide bonds. The molecule has 72 valence electrons. The molecule has 1 aromatic rings. The minimum atomic E-state index is -0.260. The van der Waals surface area contributed by atoms with Crippen LogP contribution >= 0.6 is 15.9 Å². The first kappa shape index (κ1) is 10.5. The first-order chi connectivity index (χ1) is 6.09. The van der Waals surface area contributed by atoms with E-state index in [9.17, 15) is 4.39 Å². The Morgan fingerprint density at radius 1 is 1.46 bits per heavy atom. The van der Waals surface area contributed by atoms with E-state index < -0.39 is 0 Å². The van der Waals surface area contributed by atoms with Gasteiger partial charge in [0.05, 0.1) is 11.1 Å². The van der Waals surface area contributed by atoms with Crippen LogP contribution in [0.15, 0.2) is 22.7 Å². The Morgan fingerprint density at radius 3 is 2.69 bits per heavy atom. The molecule has 0 fully saturated rings. The van der Waals surface area contributed by atoms with Crippen molar-refractivity contribution < 1.29 is 9.13 Å². The first-order valence-corrected chi connectivity index (χ1v) is 4.96. The molecule has 0 bridgehead atoms. The summed E-state index contributed by atoms with van der Waals surface area (Å²) in [5, 5.41) is 0. The van der Waals surface area contributed by atoms with Gasteiger partial charge in [-0.05, 0) is 40.0 Å². The average molecular weight is 247 g/mol. The molecule has 1 aromatic carbocycles. The van der Waals surface area contributed by atoms with Crippen LogP contribution in [0.5, 0.6) is 5.75 Å². The van der Waals surface area contributed by atoms with E-state index in [1.165, 1.54) is 12.1 Å². The molecule has 3 heteroatoms. The van der Waals surface area contributed by atoms with Gasteiger partial charge in [0.25, 0.3) is 0 Å². The zero-order valence-corrected chi connectivity index (χ0v) is 9.27. The number of halogens is 2. The molecule has 0 N–H and O–H groups in total. The molecular formula is C10H12BrFO. The Morgan fingerprint density at radius 2 is 2.15 bits per heavy atom. The predicted octanol–water partition coefficient (Wildman–Crippen LogP) is 3.62. The fourth-order valence-corrected chi connectivity index (χ4v) is 1.31. The molecule has 0 atom stereocenters. The van der Waals surface area contributed by atoms with Gasteiger partial charge in [-0.1, -0.05) is 13.8 Å². The molecule has 0 aliphatic carbocycles. The van der Waals surface area contributed by atoms with E-state index in [-0.39, 0.29) is 5.82 Å². The van der Waals surface area contributed by atoms with Gasteiger partial charge in [-0.2, -0.15) is 0 Å². The van der Waals surface area contributed by atoms with E-state index in [1.807, 2.05) is 0 Å². The van der Waals surface area contributed by atoms with Gasteiger partial charge < -0.3 is 4.74 Å². The van der Waals surface area contributed by atoms with Gasteiger partial charge >= 0.3 is 0 Å². The van der Waals surface area contributed by atoms with Crippen molar-refractivity contribution in [3.05, 3.63) is 28.5 Å². The van der Waals surface area contributed by atoms with Crippen molar-refractivity contribution in [2.45, 2.75) is 13.8 Å². The highest BCUT2D eigenvalue weighted by molar-refractivity contribution is 9.10. The smallest absolute Gasteiger partial charge is 0.133 e. The fraction of sp³-hybridized carbons (Fsp3) is 0.400. The van der Waals surface area contributed by atoms with Gasteiger partial charge in [0.2, 0.25) is 0 Å². The number of ether oxygens (including phenoxy) is 1. The molecule has 0 aromatic heterocycles. The maximum absolute atomic E-state index is 12.7. The summed E-state index contributed by atoms with van der Waals surface area (Å²) in [5.41, 5.74) is 0. The van der Waals surface area contributed by atoms with Crippen LogP contribution < -0.4 is 4.74 Å². The van der Waals surface area contributed by atoms with E-state index in [0.717, 1.165) is 0 Å². The second-order valence-corrected chi connectivity index (χ2v) is 4.13. The van der Waals surface area contributed by atoms with Crippen LogP contribution in [0.1, 0.15) is 13.8 Å². The lowest BCUT2D eigenvalue weighted by Crippen LogP contribution is -2.04. The molecular weight excluding hydrogens is 235 g/mol. The monoisotopic (exact) mass is 246 g/mol. The van der Waals surface area contributed by atoms with Crippen molar-refractivity contribution in [1.82, 2.24) is 0 Å². The molecule has 0 radical (unpaired) electrons. The van der Waals surface area contributed by atoms with Crippen LogP contribution in [0.2, 0.25) is 0 Å². The molecule has 0 heterocycles. The number of hydrogen-bond acceptors (Lipinski definition) is 1. The molecule has 0 aliphatic heterocycles. The molecule has 1 rings (SSSR count). The van der Waals surface area contributed by atoms with E-state index >= 15 is 0 Å². The van der Waals surface area contributed by atoms with Gasteiger partial charge in [-0.25, -0.2) is 4.39 Å². The Hall–Kier alpha value is -0.570. The molecule has 0 aliphatic rings. The van der Waals surface area contributed by atoms with Gasteiger partial charge in [0, 0.05) is 0 Å². The molecule has 0 saturated carbocycles. The van der Waals surface area contributed by atoms with Crippen molar-refractivity contribution >= 4 is 15.9 Å². The van der Waals surface area contributed by atoms with Gasteiger partial charge in [0.1, 0.15) is 11.6 Å². The lowest BCUT2D eigenvalue weighted by atomic mass is 10.2. The standard InChI is InChI=1S/C10H12BrFO/c1-7(2)6-13-10-4-3-8(12)5-9(10)11/h3-5,7H,6H2,1-2H3. The van der Waals surface area contributed by atoms with E-state index in [1.54, 1.807) is 6.07 Å². The largest absolute Gasteiger partial charge is 0.492 e. The summed E-state index contributed by atoms with van der Waals surface area (Å²) in [6, 6.07) is 4.41. The first-order valence-electron chi connectivity index (χ1n) is 4.17. The Kier molecular flexibility index (Phi) is 3.72. The topological polar surface area (TPSA) is 9.23 Å². The van der Waals surface area contributed by atoms with Crippen LogP contribution in [0.3, 0.4) is 0 Å². The van der Waals surface area contributed by atoms with Crippen LogP contribution in [-0.2, 0) is 0 Å². The summed E-state index contributed by atoms with van der Waals surface area (Å²) in [5.74, 6) is 0.899. The summed E-state index contributed by atoms with van der Waals surface area (Å²) in [7, 11) is 0. The summed E-state index contributed by atoms with van der Waals surface area (Å²) in [4.78, 5) is 0. The molecule has 1 nitrogen and oxygen atoms in total. The maximum atomic E-state index is 12.7. The third-order valence-corrected chi connectivity index (χ3v) is 2.09. The third-order valence-electron chi connectivity index (χ3n) is 1.47. The summed E-state index contributed by atoms with van der Waals surface area (Å²) in [6.07, 6.45) is 0. The average Bonchev–Trinajstić information content (AvgIpc) is 2.02. The maximum Gasteiger partial charge on any atom is 0.133 e. The quantitative estimate of drug-likeness (QED) is 0.792. The normalized spacial score (nSPS) is 10.5. The number of benzene rings is 1. The van der Waals surface area contributed by atoms with E-state index in [0.29, 0.717) is 22.7 Å². The Balaban J connectivity index is 2.67. The summed E-state index contributed by atoms with van der Waals surface area (Å²) in [6.45, 7) is 4.78. The SMILES string of the molecule is CC(C)COc1ccc(F)cc1Br. The third kappa shape index (κ3) is 3.35. The van der Waals surface area contributed by atoms with Crippen molar-refractivity contribution in [2.24, 2.45) is 5.92 Å². The van der Waals surface area contributed by atoms with Gasteiger partial charge in [0.15, 0.2) is 0 Å². The second-order valence-electron chi connectivity index (χ2n) is 3.28. The lowest BCUT2D eigenvalue weighted by molar-refractivity contribution is 0.269. The minimum Gasteiger partial charge on any atom is -0.492 e. The Labute approximate surface area is 86.0 Å². The summed E-state index contributed by atoms with van der Waals surface area (Å²) >= 11 is 3.23. The highest BCUT2D eigenvalue weighted by Crippen LogP contribution is 2.25. The highest BCUT2D eigenvalue weighted by Gasteiger charge is 2.03. The van der Waals surface area contributed by atoms with Crippen LogP contribution in [0.25, 0.3) is 0 Å². The lowest BCUT2D eigenvalue weighted by Gasteiger charge is -2.09. The zero-order chi connectivity index (χ0) is 9.84. The molecule has 0 spiro atoms. The van der Waals surface area contributed by atoms with E-state index in [4.69, 9.17) is 4.74 Å². The Bertz CT molecular complexity index is 286. The predicted molar refractivity (Wildman–Crippen MR) is 54.4 cm³/mol. The molecule has 0 saturated heterocycles. The number of hydrogen-bond donors (Lipinski definition) is 0. The highest BCUT2D eigenvalue weighted by atomic mass is 79.9. The van der Waals surface area contributed by atoms with Crippen molar-refractivity contribution in [2.75, 3.05) is 6.61 Å². The van der Waals surface area contributed by atoms with Crippen LogP contribution in [0, 0.1) is 11.7 Å².